The Hall–Kier alpha value is -1.46. The summed E-state index contributed by atoms with van der Waals surface area (Å²) in [4.78, 5) is 11.1. The van der Waals surface area contributed by atoms with Crippen molar-refractivity contribution < 1.29 is 0 Å². The molecule has 2 rings (SSSR count). The molecule has 0 unspecified atom stereocenters. The Morgan fingerprint density at radius 2 is 2.05 bits per heavy atom. The van der Waals surface area contributed by atoms with Crippen LogP contribution in [0.1, 0.15) is 12.5 Å². The molecule has 2 aromatic rings. The van der Waals surface area contributed by atoms with Crippen molar-refractivity contribution in [1.29, 1.82) is 0 Å². The maximum Gasteiger partial charge on any atom is 0.191 e. The fourth-order valence-electron chi connectivity index (χ4n) is 1.93. The summed E-state index contributed by atoms with van der Waals surface area (Å²) in [5.74, 6) is 1.73. The standard InChI is InChI=1S/C15H19ClN4S/c1-4-17-13-9-14(19-15(18-13)21-3)20(2)10-11-7-5-6-8-12(11)16/h5-9H,4,10H2,1-3H3,(H,17,18,19). The molecule has 1 aromatic carbocycles. The maximum absolute atomic E-state index is 6.22. The van der Waals surface area contributed by atoms with E-state index in [-0.39, 0.29) is 0 Å². The molecular formula is C15H19ClN4S. The normalized spacial score (nSPS) is 10.5. The van der Waals surface area contributed by atoms with E-state index in [4.69, 9.17) is 11.6 Å². The van der Waals surface area contributed by atoms with Crippen molar-refractivity contribution >= 4 is 35.0 Å². The third-order valence-corrected chi connectivity index (χ3v) is 3.91. The van der Waals surface area contributed by atoms with E-state index in [1.165, 1.54) is 11.8 Å². The second kappa shape index (κ2) is 7.52. The molecule has 0 atom stereocenters. The van der Waals surface area contributed by atoms with Gasteiger partial charge >= 0.3 is 0 Å². The Labute approximate surface area is 134 Å². The highest BCUT2D eigenvalue weighted by Crippen LogP contribution is 2.23. The summed E-state index contributed by atoms with van der Waals surface area (Å²) in [5.41, 5.74) is 1.08. The largest absolute Gasteiger partial charge is 0.370 e. The first kappa shape index (κ1) is 15.9. The topological polar surface area (TPSA) is 41.0 Å². The first-order chi connectivity index (χ1) is 10.1. The number of aromatic nitrogens is 2. The summed E-state index contributed by atoms with van der Waals surface area (Å²) in [6.45, 7) is 3.59. The van der Waals surface area contributed by atoms with E-state index in [1.807, 2.05) is 50.6 Å². The van der Waals surface area contributed by atoms with Crippen molar-refractivity contribution in [2.24, 2.45) is 0 Å². The van der Waals surface area contributed by atoms with Gasteiger partial charge in [0.25, 0.3) is 0 Å². The molecule has 0 aliphatic heterocycles. The number of benzene rings is 1. The molecule has 0 saturated carbocycles. The predicted octanol–water partition coefficient (Wildman–Crippen LogP) is 3.92. The van der Waals surface area contributed by atoms with Gasteiger partial charge in [-0.25, -0.2) is 9.97 Å². The minimum atomic E-state index is 0.704. The average Bonchev–Trinajstić information content (AvgIpc) is 2.49. The molecule has 0 amide bonds. The van der Waals surface area contributed by atoms with Crippen LogP contribution in [-0.4, -0.2) is 29.8 Å². The van der Waals surface area contributed by atoms with Crippen molar-refractivity contribution in [3.05, 3.63) is 40.9 Å². The van der Waals surface area contributed by atoms with Gasteiger partial charge in [-0.15, -0.1) is 0 Å². The molecular weight excluding hydrogens is 304 g/mol. The molecule has 0 radical (unpaired) electrons. The van der Waals surface area contributed by atoms with Gasteiger partial charge < -0.3 is 10.2 Å². The molecule has 0 bridgehead atoms. The summed E-state index contributed by atoms with van der Waals surface area (Å²) >= 11 is 7.75. The summed E-state index contributed by atoms with van der Waals surface area (Å²) in [6.07, 6.45) is 1.98. The minimum Gasteiger partial charge on any atom is -0.370 e. The Bertz CT molecular complexity index is 606. The lowest BCUT2D eigenvalue weighted by molar-refractivity contribution is 0.856. The number of anilines is 2. The lowest BCUT2D eigenvalue weighted by Gasteiger charge is -2.20. The molecule has 0 fully saturated rings. The van der Waals surface area contributed by atoms with Crippen LogP contribution in [0.15, 0.2) is 35.5 Å². The van der Waals surface area contributed by atoms with Crippen LogP contribution in [0, 0.1) is 0 Å². The molecule has 4 nitrogen and oxygen atoms in total. The predicted molar refractivity (Wildman–Crippen MR) is 91.5 cm³/mol. The zero-order valence-electron chi connectivity index (χ0n) is 12.4. The zero-order chi connectivity index (χ0) is 15.2. The molecule has 6 heteroatoms. The highest BCUT2D eigenvalue weighted by atomic mass is 35.5. The summed E-state index contributed by atoms with van der Waals surface area (Å²) < 4.78 is 0. The number of halogens is 1. The van der Waals surface area contributed by atoms with E-state index >= 15 is 0 Å². The van der Waals surface area contributed by atoms with Crippen molar-refractivity contribution in [3.63, 3.8) is 0 Å². The van der Waals surface area contributed by atoms with Gasteiger partial charge in [-0.2, -0.15) is 0 Å². The summed E-state index contributed by atoms with van der Waals surface area (Å²) in [5, 5.41) is 4.77. The van der Waals surface area contributed by atoms with Crippen LogP contribution in [0.25, 0.3) is 0 Å². The Balaban J connectivity index is 2.23. The van der Waals surface area contributed by atoms with Gasteiger partial charge in [0.15, 0.2) is 5.16 Å². The molecule has 0 spiro atoms. The number of hydrogen-bond acceptors (Lipinski definition) is 5. The second-order valence-electron chi connectivity index (χ2n) is 4.58. The Kier molecular flexibility index (Phi) is 5.70. The first-order valence-corrected chi connectivity index (χ1v) is 8.35. The maximum atomic E-state index is 6.22. The van der Waals surface area contributed by atoms with Crippen molar-refractivity contribution in [3.8, 4) is 0 Å². The van der Waals surface area contributed by atoms with Crippen molar-refractivity contribution in [1.82, 2.24) is 9.97 Å². The van der Waals surface area contributed by atoms with Crippen LogP contribution < -0.4 is 10.2 Å². The Morgan fingerprint density at radius 1 is 1.29 bits per heavy atom. The quantitative estimate of drug-likeness (QED) is 0.645. The number of nitrogens with zero attached hydrogens (tertiary/aromatic N) is 3. The van der Waals surface area contributed by atoms with Crippen LogP contribution in [0.4, 0.5) is 11.6 Å². The van der Waals surface area contributed by atoms with Gasteiger partial charge in [-0.3, -0.25) is 0 Å². The Morgan fingerprint density at radius 3 is 2.71 bits per heavy atom. The third-order valence-electron chi connectivity index (χ3n) is 2.99. The van der Waals surface area contributed by atoms with E-state index in [2.05, 4.69) is 20.2 Å². The van der Waals surface area contributed by atoms with Gasteiger partial charge in [0, 0.05) is 31.2 Å². The van der Waals surface area contributed by atoms with Gasteiger partial charge in [0.05, 0.1) is 0 Å². The van der Waals surface area contributed by atoms with E-state index < -0.39 is 0 Å². The number of hydrogen-bond donors (Lipinski definition) is 1. The molecule has 21 heavy (non-hydrogen) atoms. The van der Waals surface area contributed by atoms with Gasteiger partial charge in [-0.1, -0.05) is 41.6 Å². The van der Waals surface area contributed by atoms with E-state index in [1.54, 1.807) is 0 Å². The van der Waals surface area contributed by atoms with Crippen molar-refractivity contribution in [2.45, 2.75) is 18.6 Å². The first-order valence-electron chi connectivity index (χ1n) is 6.75. The smallest absolute Gasteiger partial charge is 0.191 e. The summed E-state index contributed by atoms with van der Waals surface area (Å²) in [7, 11) is 2.01. The monoisotopic (exact) mass is 322 g/mol. The van der Waals surface area contributed by atoms with Gasteiger partial charge in [-0.05, 0) is 24.8 Å². The highest BCUT2D eigenvalue weighted by Gasteiger charge is 2.10. The SMILES string of the molecule is CCNc1cc(N(C)Cc2ccccc2Cl)nc(SC)n1. The van der Waals surface area contributed by atoms with E-state index in [9.17, 15) is 0 Å². The zero-order valence-corrected chi connectivity index (χ0v) is 14.0. The lowest BCUT2D eigenvalue weighted by atomic mass is 10.2. The molecule has 0 saturated heterocycles. The van der Waals surface area contributed by atoms with Crippen LogP contribution in [0.5, 0.6) is 0 Å². The van der Waals surface area contributed by atoms with Crippen LogP contribution >= 0.6 is 23.4 Å². The highest BCUT2D eigenvalue weighted by molar-refractivity contribution is 7.98. The van der Waals surface area contributed by atoms with Crippen LogP contribution in [0.2, 0.25) is 5.02 Å². The van der Waals surface area contributed by atoms with Gasteiger partial charge in [0.2, 0.25) is 0 Å². The number of rotatable bonds is 6. The molecule has 1 N–H and O–H groups in total. The van der Waals surface area contributed by atoms with Gasteiger partial charge in [0.1, 0.15) is 11.6 Å². The average molecular weight is 323 g/mol. The molecule has 1 aromatic heterocycles. The fourth-order valence-corrected chi connectivity index (χ4v) is 2.50. The molecule has 0 aliphatic carbocycles. The third kappa shape index (κ3) is 4.25. The summed E-state index contributed by atoms with van der Waals surface area (Å²) in [6, 6.07) is 9.82. The number of nitrogens with one attached hydrogen (secondary N) is 1. The van der Waals surface area contributed by atoms with Crippen molar-refractivity contribution in [2.75, 3.05) is 30.1 Å². The fraction of sp³-hybridized carbons (Fsp3) is 0.333. The van der Waals surface area contributed by atoms with E-state index in [0.29, 0.717) is 6.54 Å². The second-order valence-corrected chi connectivity index (χ2v) is 5.76. The van der Waals surface area contributed by atoms with Crippen LogP contribution in [0.3, 0.4) is 0 Å². The molecule has 0 aliphatic rings. The lowest BCUT2D eigenvalue weighted by Crippen LogP contribution is -2.19. The van der Waals surface area contributed by atoms with E-state index in [0.717, 1.165) is 33.9 Å². The van der Waals surface area contributed by atoms with Crippen LogP contribution in [-0.2, 0) is 6.54 Å². The molecule has 112 valence electrons. The number of thioether (sulfide) groups is 1. The minimum absolute atomic E-state index is 0.704. The molecule has 1 heterocycles.